The van der Waals surface area contributed by atoms with E-state index in [-0.39, 0.29) is 0 Å². The van der Waals surface area contributed by atoms with Gasteiger partial charge in [0.2, 0.25) is 0 Å². The Kier molecular flexibility index (Phi) is 6.77. The molecule has 0 amide bonds. The molecule has 0 radical (unpaired) electrons. The van der Waals surface area contributed by atoms with Gasteiger partial charge in [-0.05, 0) is 29.7 Å². The SMILES string of the molecule is COCCc1ccc(OCC(CBr)c2ccccc2)cc1. The van der Waals surface area contributed by atoms with Crippen LogP contribution in [0.4, 0.5) is 0 Å². The summed E-state index contributed by atoms with van der Waals surface area (Å²) >= 11 is 3.57. The topological polar surface area (TPSA) is 18.5 Å². The third-order valence-corrected chi connectivity index (χ3v) is 4.21. The summed E-state index contributed by atoms with van der Waals surface area (Å²) < 4.78 is 11.0. The molecule has 0 spiro atoms. The summed E-state index contributed by atoms with van der Waals surface area (Å²) in [6.45, 7) is 1.42. The molecule has 0 N–H and O–H groups in total. The van der Waals surface area contributed by atoms with E-state index < -0.39 is 0 Å². The van der Waals surface area contributed by atoms with Crippen molar-refractivity contribution in [2.45, 2.75) is 12.3 Å². The van der Waals surface area contributed by atoms with Gasteiger partial charge in [-0.1, -0.05) is 58.4 Å². The van der Waals surface area contributed by atoms with Crippen LogP contribution < -0.4 is 4.74 Å². The van der Waals surface area contributed by atoms with Crippen molar-refractivity contribution < 1.29 is 9.47 Å². The maximum atomic E-state index is 5.91. The average molecular weight is 349 g/mol. The molecule has 2 rings (SSSR count). The number of benzene rings is 2. The lowest BCUT2D eigenvalue weighted by Crippen LogP contribution is -2.11. The first-order valence-corrected chi connectivity index (χ1v) is 8.27. The van der Waals surface area contributed by atoms with Crippen LogP contribution in [-0.4, -0.2) is 25.7 Å². The zero-order valence-electron chi connectivity index (χ0n) is 12.3. The third-order valence-electron chi connectivity index (χ3n) is 3.43. The summed E-state index contributed by atoms with van der Waals surface area (Å²) in [5.74, 6) is 1.28. The molecule has 1 unspecified atom stereocenters. The quantitative estimate of drug-likeness (QED) is 0.657. The van der Waals surface area contributed by atoms with Crippen molar-refractivity contribution in [1.82, 2.24) is 0 Å². The van der Waals surface area contributed by atoms with E-state index >= 15 is 0 Å². The van der Waals surface area contributed by atoms with Gasteiger partial charge in [0.1, 0.15) is 5.75 Å². The number of halogens is 1. The van der Waals surface area contributed by atoms with E-state index in [9.17, 15) is 0 Å². The molecule has 2 nitrogen and oxygen atoms in total. The highest BCUT2D eigenvalue weighted by Crippen LogP contribution is 2.20. The summed E-state index contributed by atoms with van der Waals surface area (Å²) in [4.78, 5) is 0. The molecule has 0 bridgehead atoms. The van der Waals surface area contributed by atoms with E-state index in [1.807, 2.05) is 18.2 Å². The van der Waals surface area contributed by atoms with Gasteiger partial charge in [0.15, 0.2) is 0 Å². The number of alkyl halides is 1. The Morgan fingerprint density at radius 1 is 1.00 bits per heavy atom. The second kappa shape index (κ2) is 8.85. The van der Waals surface area contributed by atoms with Crippen LogP contribution >= 0.6 is 15.9 Å². The number of rotatable bonds is 8. The van der Waals surface area contributed by atoms with Gasteiger partial charge in [-0.15, -0.1) is 0 Å². The molecule has 0 fully saturated rings. The lowest BCUT2D eigenvalue weighted by molar-refractivity contribution is 0.202. The maximum Gasteiger partial charge on any atom is 0.119 e. The zero-order valence-corrected chi connectivity index (χ0v) is 13.9. The van der Waals surface area contributed by atoms with E-state index in [1.54, 1.807) is 7.11 Å². The minimum atomic E-state index is 0.361. The van der Waals surface area contributed by atoms with E-state index in [4.69, 9.17) is 9.47 Å². The zero-order chi connectivity index (χ0) is 14.9. The van der Waals surface area contributed by atoms with Crippen LogP contribution in [0.25, 0.3) is 0 Å². The smallest absolute Gasteiger partial charge is 0.119 e. The van der Waals surface area contributed by atoms with Crippen LogP contribution in [0.1, 0.15) is 17.0 Å². The minimum absolute atomic E-state index is 0.361. The van der Waals surface area contributed by atoms with Crippen molar-refractivity contribution in [1.29, 1.82) is 0 Å². The van der Waals surface area contributed by atoms with Crippen molar-refractivity contribution in [3.05, 3.63) is 65.7 Å². The first-order valence-electron chi connectivity index (χ1n) is 7.15. The van der Waals surface area contributed by atoms with Crippen molar-refractivity contribution >= 4 is 15.9 Å². The second-order valence-electron chi connectivity index (χ2n) is 4.96. The highest BCUT2D eigenvalue weighted by atomic mass is 79.9. The molecule has 2 aromatic carbocycles. The van der Waals surface area contributed by atoms with Crippen LogP contribution in [0.5, 0.6) is 5.75 Å². The summed E-state index contributed by atoms with van der Waals surface area (Å²) in [5, 5.41) is 0.892. The van der Waals surface area contributed by atoms with Gasteiger partial charge in [0, 0.05) is 18.4 Å². The molecule has 0 saturated heterocycles. The average Bonchev–Trinajstić information content (AvgIpc) is 2.55. The monoisotopic (exact) mass is 348 g/mol. The molecule has 0 aliphatic carbocycles. The Morgan fingerprint density at radius 3 is 2.33 bits per heavy atom. The van der Waals surface area contributed by atoms with E-state index in [0.29, 0.717) is 12.5 Å². The van der Waals surface area contributed by atoms with Crippen LogP contribution in [-0.2, 0) is 11.2 Å². The lowest BCUT2D eigenvalue weighted by Gasteiger charge is -2.16. The predicted molar refractivity (Wildman–Crippen MR) is 90.5 cm³/mol. The minimum Gasteiger partial charge on any atom is -0.493 e. The van der Waals surface area contributed by atoms with Crippen molar-refractivity contribution in [2.24, 2.45) is 0 Å². The number of hydrogen-bond donors (Lipinski definition) is 0. The van der Waals surface area contributed by atoms with Gasteiger partial charge in [0.25, 0.3) is 0 Å². The second-order valence-corrected chi connectivity index (χ2v) is 5.61. The molecule has 1 atom stereocenters. The molecule has 3 heteroatoms. The fraction of sp³-hybridized carbons (Fsp3) is 0.333. The summed E-state index contributed by atoms with van der Waals surface area (Å²) in [7, 11) is 1.72. The predicted octanol–water partition coefficient (Wildman–Crippen LogP) is 4.43. The van der Waals surface area contributed by atoms with Crippen LogP contribution in [0.15, 0.2) is 54.6 Å². The summed E-state index contributed by atoms with van der Waals surface area (Å²) in [5.41, 5.74) is 2.57. The molecule has 112 valence electrons. The molecule has 0 aromatic heterocycles. The van der Waals surface area contributed by atoms with E-state index in [0.717, 1.165) is 24.1 Å². The van der Waals surface area contributed by atoms with Gasteiger partial charge in [-0.3, -0.25) is 0 Å². The summed E-state index contributed by atoms with van der Waals surface area (Å²) in [6, 6.07) is 18.7. The number of ether oxygens (including phenoxy) is 2. The maximum absolute atomic E-state index is 5.91. The first-order chi connectivity index (χ1) is 10.3. The standard InChI is InChI=1S/C18H21BrO2/c1-20-12-11-15-7-9-18(10-8-15)21-14-17(13-19)16-5-3-2-4-6-16/h2-10,17H,11-14H2,1H3. The van der Waals surface area contributed by atoms with Gasteiger partial charge >= 0.3 is 0 Å². The van der Waals surface area contributed by atoms with Crippen molar-refractivity contribution in [2.75, 3.05) is 25.7 Å². The molecule has 21 heavy (non-hydrogen) atoms. The normalized spacial score (nSPS) is 12.1. The Balaban J connectivity index is 1.89. The van der Waals surface area contributed by atoms with Gasteiger partial charge < -0.3 is 9.47 Å². The Morgan fingerprint density at radius 2 is 1.71 bits per heavy atom. The lowest BCUT2D eigenvalue weighted by atomic mass is 10.0. The van der Waals surface area contributed by atoms with Crippen molar-refractivity contribution in [3.8, 4) is 5.75 Å². The highest BCUT2D eigenvalue weighted by Gasteiger charge is 2.10. The first kappa shape index (κ1) is 16.1. The summed E-state index contributed by atoms with van der Waals surface area (Å²) in [6.07, 6.45) is 0.935. The third kappa shape index (κ3) is 5.18. The van der Waals surface area contributed by atoms with Gasteiger partial charge in [0.05, 0.1) is 13.2 Å². The fourth-order valence-corrected chi connectivity index (χ4v) is 2.68. The van der Waals surface area contributed by atoms with Crippen LogP contribution in [0.2, 0.25) is 0 Å². The van der Waals surface area contributed by atoms with Gasteiger partial charge in [-0.2, -0.15) is 0 Å². The largest absolute Gasteiger partial charge is 0.493 e. The van der Waals surface area contributed by atoms with Gasteiger partial charge in [-0.25, -0.2) is 0 Å². The molecular formula is C18H21BrO2. The number of methoxy groups -OCH3 is 1. The van der Waals surface area contributed by atoms with Crippen molar-refractivity contribution in [3.63, 3.8) is 0 Å². The Hall–Kier alpha value is -1.32. The van der Waals surface area contributed by atoms with Crippen LogP contribution in [0, 0.1) is 0 Å². The fourth-order valence-electron chi connectivity index (χ4n) is 2.12. The van der Waals surface area contributed by atoms with E-state index in [1.165, 1.54) is 11.1 Å². The molecule has 0 aliphatic heterocycles. The Labute approximate surface area is 135 Å². The molecule has 0 saturated carbocycles. The van der Waals surface area contributed by atoms with E-state index in [2.05, 4.69) is 52.3 Å². The van der Waals surface area contributed by atoms with Crippen LogP contribution in [0.3, 0.4) is 0 Å². The molecular weight excluding hydrogens is 328 g/mol. The molecule has 0 aliphatic rings. The Bertz CT molecular complexity index is 511. The molecule has 2 aromatic rings. The number of hydrogen-bond acceptors (Lipinski definition) is 2. The molecule has 0 heterocycles. The highest BCUT2D eigenvalue weighted by molar-refractivity contribution is 9.09.